The first-order chi connectivity index (χ1) is 13.2. The summed E-state index contributed by atoms with van der Waals surface area (Å²) in [5.74, 6) is 2.30. The van der Waals surface area contributed by atoms with E-state index < -0.39 is 19.6 Å². The summed E-state index contributed by atoms with van der Waals surface area (Å²) in [6.07, 6.45) is 2.14. The third-order valence-electron chi connectivity index (χ3n) is 3.81. The van der Waals surface area contributed by atoms with Gasteiger partial charge in [0.05, 0.1) is 0 Å². The molecular weight excluding hydrogens is 443 g/mol. The topological polar surface area (TPSA) is 27.7 Å². The third kappa shape index (κ3) is 6.07. The first-order valence-corrected chi connectivity index (χ1v) is 14.5. The monoisotopic (exact) mass is 468 g/mol. The molecule has 0 bridgehead atoms. The van der Waals surface area contributed by atoms with Crippen molar-refractivity contribution in [2.75, 3.05) is 0 Å². The number of hydrogen-bond acceptors (Lipinski definition) is 3. The second-order valence-electron chi connectivity index (χ2n) is 6.41. The molecule has 0 unspecified atom stereocenters. The fourth-order valence-electron chi connectivity index (χ4n) is 2.52. The van der Waals surface area contributed by atoms with Gasteiger partial charge in [-0.15, -0.1) is 0 Å². The van der Waals surface area contributed by atoms with Crippen molar-refractivity contribution in [1.29, 1.82) is 0 Å². The SMILES string of the molecule is CC(C)=C[CH2][Sn]([O]c1ccccc1)([O]c1ccccc1)[O]c1ccccc1. The Morgan fingerprint density at radius 2 is 0.963 bits per heavy atom. The van der Waals surface area contributed by atoms with E-state index >= 15 is 0 Å². The molecule has 0 fully saturated rings. The van der Waals surface area contributed by atoms with Crippen LogP contribution >= 0.6 is 0 Å². The number of rotatable bonds is 8. The van der Waals surface area contributed by atoms with Crippen molar-refractivity contribution in [3.05, 3.63) is 103 Å². The van der Waals surface area contributed by atoms with E-state index in [2.05, 4.69) is 19.9 Å². The number of hydrogen-bond donors (Lipinski definition) is 0. The first kappa shape index (κ1) is 19.4. The molecule has 0 atom stereocenters. The van der Waals surface area contributed by atoms with Gasteiger partial charge in [0.15, 0.2) is 0 Å². The van der Waals surface area contributed by atoms with Crippen LogP contribution < -0.4 is 9.22 Å². The summed E-state index contributed by atoms with van der Waals surface area (Å²) in [7, 11) is 0. The molecule has 0 aliphatic rings. The molecule has 0 amide bonds. The molecule has 138 valence electrons. The zero-order valence-electron chi connectivity index (χ0n) is 15.7. The molecule has 3 rings (SSSR count). The third-order valence-corrected chi connectivity index (χ3v) is 10.5. The molecule has 0 heterocycles. The Morgan fingerprint density at radius 1 is 0.630 bits per heavy atom. The Labute approximate surface area is 166 Å². The van der Waals surface area contributed by atoms with Crippen molar-refractivity contribution >= 4 is 19.6 Å². The second kappa shape index (κ2) is 9.51. The first-order valence-electron chi connectivity index (χ1n) is 9.01. The standard InChI is InChI=1S/3C6H6O.C5H9.Sn/c3*7-6-4-2-1-3-5-6;1-4-5(2)3;/h3*1-5,7H;4H,1H2,2-3H3;/q;;;;+3/p-3. The molecule has 0 aliphatic carbocycles. The van der Waals surface area contributed by atoms with E-state index in [-0.39, 0.29) is 0 Å². The van der Waals surface area contributed by atoms with Gasteiger partial charge in [0.2, 0.25) is 0 Å². The number of benzene rings is 3. The van der Waals surface area contributed by atoms with E-state index in [0.29, 0.717) is 4.44 Å². The van der Waals surface area contributed by atoms with Gasteiger partial charge in [0.1, 0.15) is 0 Å². The van der Waals surface area contributed by atoms with Gasteiger partial charge in [-0.05, 0) is 0 Å². The summed E-state index contributed by atoms with van der Waals surface area (Å²) in [5.41, 5.74) is 1.21. The molecule has 0 aromatic heterocycles. The number of allylic oxidation sites excluding steroid dienone is 2. The molecule has 3 aromatic carbocycles. The Bertz CT molecular complexity index is 743. The summed E-state index contributed by atoms with van der Waals surface area (Å²) in [6, 6.07) is 29.3. The van der Waals surface area contributed by atoms with Crippen molar-refractivity contribution < 1.29 is 9.22 Å². The molecule has 0 radical (unpaired) electrons. The van der Waals surface area contributed by atoms with Crippen LogP contribution in [0.5, 0.6) is 17.2 Å². The van der Waals surface area contributed by atoms with Crippen LogP contribution in [0.25, 0.3) is 0 Å². The van der Waals surface area contributed by atoms with Crippen molar-refractivity contribution in [2.45, 2.75) is 18.3 Å². The van der Waals surface area contributed by atoms with E-state index in [4.69, 9.17) is 9.22 Å². The summed E-state index contributed by atoms with van der Waals surface area (Å²) < 4.78 is 20.1. The van der Waals surface area contributed by atoms with Crippen molar-refractivity contribution in [3.63, 3.8) is 0 Å². The van der Waals surface area contributed by atoms with E-state index in [9.17, 15) is 0 Å². The predicted octanol–water partition coefficient (Wildman–Crippen LogP) is 6.13. The maximum atomic E-state index is 6.48. The van der Waals surface area contributed by atoms with Gasteiger partial charge in [-0.2, -0.15) is 0 Å². The minimum atomic E-state index is -4.09. The number of para-hydroxylation sites is 3. The predicted molar refractivity (Wildman–Crippen MR) is 111 cm³/mol. The normalized spacial score (nSPS) is 10.7. The van der Waals surface area contributed by atoms with E-state index in [1.807, 2.05) is 91.0 Å². The van der Waals surface area contributed by atoms with Gasteiger partial charge in [0.25, 0.3) is 0 Å². The Kier molecular flexibility index (Phi) is 6.82. The Hall–Kier alpha value is -2.40. The second-order valence-corrected chi connectivity index (χ2v) is 13.2. The van der Waals surface area contributed by atoms with Crippen LogP contribution in [0.4, 0.5) is 0 Å². The van der Waals surface area contributed by atoms with Crippen molar-refractivity contribution in [2.24, 2.45) is 0 Å². The quantitative estimate of drug-likeness (QED) is 0.295. The molecule has 0 saturated heterocycles. The van der Waals surface area contributed by atoms with Gasteiger partial charge in [-0.1, -0.05) is 0 Å². The average Bonchev–Trinajstić information content (AvgIpc) is 2.69. The van der Waals surface area contributed by atoms with Crippen LogP contribution in [0.15, 0.2) is 103 Å². The molecule has 3 nitrogen and oxygen atoms in total. The van der Waals surface area contributed by atoms with Crippen LogP contribution in [-0.4, -0.2) is 19.6 Å². The van der Waals surface area contributed by atoms with Crippen molar-refractivity contribution in [1.82, 2.24) is 0 Å². The van der Waals surface area contributed by atoms with Gasteiger partial charge in [-0.25, -0.2) is 0 Å². The Balaban J connectivity index is 1.99. The van der Waals surface area contributed by atoms with Crippen LogP contribution in [0.1, 0.15) is 13.8 Å². The van der Waals surface area contributed by atoms with Gasteiger partial charge >= 0.3 is 167 Å². The van der Waals surface area contributed by atoms with E-state index in [1.165, 1.54) is 5.57 Å². The molecular formula is C23H24O3Sn. The van der Waals surface area contributed by atoms with Gasteiger partial charge in [-0.3, -0.25) is 0 Å². The van der Waals surface area contributed by atoms with Crippen LogP contribution in [-0.2, 0) is 0 Å². The van der Waals surface area contributed by atoms with Crippen LogP contribution in [0, 0.1) is 0 Å². The fourth-order valence-corrected chi connectivity index (χ4v) is 9.71. The van der Waals surface area contributed by atoms with Crippen LogP contribution in [0.3, 0.4) is 0 Å². The minimum absolute atomic E-state index is 0.635. The van der Waals surface area contributed by atoms with Crippen LogP contribution in [0.2, 0.25) is 4.44 Å². The summed E-state index contributed by atoms with van der Waals surface area (Å²) in [6.45, 7) is 4.15. The molecule has 4 heteroatoms. The Morgan fingerprint density at radius 3 is 1.26 bits per heavy atom. The zero-order valence-corrected chi connectivity index (χ0v) is 18.5. The molecule has 27 heavy (non-hydrogen) atoms. The van der Waals surface area contributed by atoms with Gasteiger partial charge < -0.3 is 0 Å². The molecule has 0 aliphatic heterocycles. The summed E-state index contributed by atoms with van der Waals surface area (Å²) in [4.78, 5) is 0. The molecule has 0 N–H and O–H groups in total. The molecule has 0 spiro atoms. The van der Waals surface area contributed by atoms with E-state index in [1.54, 1.807) is 0 Å². The molecule has 0 saturated carbocycles. The fraction of sp³-hybridized carbons (Fsp3) is 0.130. The molecule has 3 aromatic rings. The maximum absolute atomic E-state index is 6.48. The summed E-state index contributed by atoms with van der Waals surface area (Å²) in [5, 5.41) is 0. The van der Waals surface area contributed by atoms with Crippen molar-refractivity contribution in [3.8, 4) is 17.2 Å². The summed E-state index contributed by atoms with van der Waals surface area (Å²) >= 11 is -4.09. The van der Waals surface area contributed by atoms with Gasteiger partial charge in [0, 0.05) is 0 Å². The zero-order chi connectivity index (χ0) is 19.0. The van der Waals surface area contributed by atoms with E-state index in [0.717, 1.165) is 17.2 Å². The average molecular weight is 467 g/mol.